The van der Waals surface area contributed by atoms with Gasteiger partial charge in [0.1, 0.15) is 6.33 Å². The van der Waals surface area contributed by atoms with E-state index in [9.17, 15) is 0 Å². The SMILES string of the molecule is c1cnc(-n2ccnc2)cn1. The quantitative estimate of drug-likeness (QED) is 0.593. The normalized spacial score (nSPS) is 9.82. The van der Waals surface area contributed by atoms with Crippen molar-refractivity contribution in [3.63, 3.8) is 0 Å². The Kier molecular flexibility index (Phi) is 1.37. The summed E-state index contributed by atoms with van der Waals surface area (Å²) in [6, 6.07) is 0. The molecule has 2 aromatic heterocycles. The van der Waals surface area contributed by atoms with E-state index in [1.165, 1.54) is 0 Å². The van der Waals surface area contributed by atoms with Crippen molar-refractivity contribution in [1.29, 1.82) is 0 Å². The fourth-order valence-corrected chi connectivity index (χ4v) is 0.819. The predicted molar refractivity (Wildman–Crippen MR) is 39.2 cm³/mol. The van der Waals surface area contributed by atoms with Crippen molar-refractivity contribution >= 4 is 0 Å². The van der Waals surface area contributed by atoms with E-state index >= 15 is 0 Å². The Bertz CT molecular complexity index is 313. The molecule has 0 saturated heterocycles. The topological polar surface area (TPSA) is 43.6 Å². The van der Waals surface area contributed by atoms with Gasteiger partial charge in [-0.1, -0.05) is 0 Å². The van der Waals surface area contributed by atoms with Gasteiger partial charge in [-0.05, 0) is 0 Å². The molecule has 0 saturated carbocycles. The van der Waals surface area contributed by atoms with Crippen LogP contribution in [0.2, 0.25) is 0 Å². The third kappa shape index (κ3) is 1.10. The van der Waals surface area contributed by atoms with E-state index in [2.05, 4.69) is 15.0 Å². The first-order valence-electron chi connectivity index (χ1n) is 3.21. The molecule has 0 radical (unpaired) electrons. The van der Waals surface area contributed by atoms with Crippen molar-refractivity contribution < 1.29 is 0 Å². The van der Waals surface area contributed by atoms with E-state index in [0.717, 1.165) is 5.82 Å². The highest BCUT2D eigenvalue weighted by Crippen LogP contribution is 1.97. The van der Waals surface area contributed by atoms with Crippen LogP contribution in [0.1, 0.15) is 0 Å². The molecule has 0 bridgehead atoms. The maximum absolute atomic E-state index is 4.08. The van der Waals surface area contributed by atoms with Crippen molar-refractivity contribution in [2.75, 3.05) is 0 Å². The molecule has 0 aromatic carbocycles. The molecule has 2 aromatic rings. The van der Waals surface area contributed by atoms with Gasteiger partial charge in [0, 0.05) is 24.8 Å². The first-order valence-corrected chi connectivity index (χ1v) is 3.21. The Morgan fingerprint density at radius 1 is 1.09 bits per heavy atom. The van der Waals surface area contributed by atoms with E-state index in [0.29, 0.717) is 0 Å². The molecule has 2 heterocycles. The summed E-state index contributed by atoms with van der Waals surface area (Å²) in [4.78, 5) is 11.9. The molecule has 0 atom stereocenters. The highest BCUT2D eigenvalue weighted by atomic mass is 15.1. The van der Waals surface area contributed by atoms with Crippen LogP contribution >= 0.6 is 0 Å². The minimum absolute atomic E-state index is 0.782. The maximum Gasteiger partial charge on any atom is 0.156 e. The van der Waals surface area contributed by atoms with Crippen LogP contribution in [0, 0.1) is 0 Å². The van der Waals surface area contributed by atoms with Gasteiger partial charge in [-0.3, -0.25) is 9.55 Å². The lowest BCUT2D eigenvalue weighted by molar-refractivity contribution is 0.970. The Balaban J connectivity index is 2.46. The molecule has 0 unspecified atom stereocenters. The summed E-state index contributed by atoms with van der Waals surface area (Å²) in [7, 11) is 0. The summed E-state index contributed by atoms with van der Waals surface area (Å²) >= 11 is 0. The zero-order valence-electron chi connectivity index (χ0n) is 5.75. The lowest BCUT2D eigenvalue weighted by Crippen LogP contribution is -1.93. The lowest BCUT2D eigenvalue weighted by Gasteiger charge is -1.96. The van der Waals surface area contributed by atoms with Gasteiger partial charge in [-0.15, -0.1) is 0 Å². The molecule has 0 aliphatic carbocycles. The molecule has 0 aliphatic heterocycles. The number of hydrogen-bond acceptors (Lipinski definition) is 3. The van der Waals surface area contributed by atoms with Crippen LogP contribution in [-0.2, 0) is 0 Å². The molecule has 4 heteroatoms. The van der Waals surface area contributed by atoms with E-state index in [-0.39, 0.29) is 0 Å². The zero-order valence-corrected chi connectivity index (χ0v) is 5.75. The van der Waals surface area contributed by atoms with Gasteiger partial charge >= 0.3 is 0 Å². The summed E-state index contributed by atoms with van der Waals surface area (Å²) < 4.78 is 1.80. The minimum Gasteiger partial charge on any atom is -0.289 e. The Hall–Kier alpha value is -1.71. The van der Waals surface area contributed by atoms with E-state index in [1.54, 1.807) is 35.7 Å². The molecule has 2 rings (SSSR count). The highest BCUT2D eigenvalue weighted by molar-refractivity contribution is 5.15. The molecule has 4 nitrogen and oxygen atoms in total. The van der Waals surface area contributed by atoms with Gasteiger partial charge in [0.05, 0.1) is 6.20 Å². The fraction of sp³-hybridized carbons (Fsp3) is 0. The van der Waals surface area contributed by atoms with Crippen LogP contribution in [0.15, 0.2) is 37.3 Å². The fourth-order valence-electron chi connectivity index (χ4n) is 0.819. The number of nitrogens with zero attached hydrogens (tertiary/aromatic N) is 4. The molecule has 0 N–H and O–H groups in total. The van der Waals surface area contributed by atoms with E-state index in [4.69, 9.17) is 0 Å². The molecular formula is C7H6N4. The first kappa shape index (κ1) is 6.03. The van der Waals surface area contributed by atoms with Crippen LogP contribution in [0.5, 0.6) is 0 Å². The van der Waals surface area contributed by atoms with E-state index in [1.807, 2.05) is 6.20 Å². The Morgan fingerprint density at radius 3 is 2.73 bits per heavy atom. The van der Waals surface area contributed by atoms with Crippen LogP contribution in [0.25, 0.3) is 5.82 Å². The van der Waals surface area contributed by atoms with Gasteiger partial charge in [0.15, 0.2) is 5.82 Å². The van der Waals surface area contributed by atoms with Crippen LogP contribution < -0.4 is 0 Å². The second-order valence-corrected chi connectivity index (χ2v) is 2.03. The number of hydrogen-bond donors (Lipinski definition) is 0. The summed E-state index contributed by atoms with van der Waals surface area (Å²) in [5.41, 5.74) is 0. The van der Waals surface area contributed by atoms with Crippen molar-refractivity contribution in [1.82, 2.24) is 19.5 Å². The Morgan fingerprint density at radius 2 is 2.09 bits per heavy atom. The predicted octanol–water partition coefficient (Wildman–Crippen LogP) is 0.662. The van der Waals surface area contributed by atoms with Gasteiger partial charge in [-0.2, -0.15) is 0 Å². The molecule has 11 heavy (non-hydrogen) atoms. The maximum atomic E-state index is 4.08. The Labute approximate surface area is 63.6 Å². The molecule has 54 valence electrons. The third-order valence-electron chi connectivity index (χ3n) is 1.32. The smallest absolute Gasteiger partial charge is 0.156 e. The molecule has 0 amide bonds. The summed E-state index contributed by atoms with van der Waals surface area (Å²) in [6.07, 6.45) is 10.2. The van der Waals surface area contributed by atoms with Gasteiger partial charge < -0.3 is 0 Å². The van der Waals surface area contributed by atoms with Crippen molar-refractivity contribution in [3.8, 4) is 5.82 Å². The van der Waals surface area contributed by atoms with Crippen molar-refractivity contribution in [2.24, 2.45) is 0 Å². The summed E-state index contributed by atoms with van der Waals surface area (Å²) in [5, 5.41) is 0. The number of imidazole rings is 1. The third-order valence-corrected chi connectivity index (χ3v) is 1.32. The molecule has 0 fully saturated rings. The second-order valence-electron chi connectivity index (χ2n) is 2.03. The van der Waals surface area contributed by atoms with Crippen LogP contribution in [0.3, 0.4) is 0 Å². The monoisotopic (exact) mass is 146 g/mol. The number of aromatic nitrogens is 4. The molecular weight excluding hydrogens is 140 g/mol. The number of rotatable bonds is 1. The first-order chi connectivity index (χ1) is 5.47. The molecule has 0 aliphatic rings. The van der Waals surface area contributed by atoms with Crippen molar-refractivity contribution in [3.05, 3.63) is 37.3 Å². The highest BCUT2D eigenvalue weighted by Gasteiger charge is 1.92. The van der Waals surface area contributed by atoms with Crippen LogP contribution in [0.4, 0.5) is 0 Å². The minimum atomic E-state index is 0.782. The van der Waals surface area contributed by atoms with E-state index < -0.39 is 0 Å². The van der Waals surface area contributed by atoms with Gasteiger partial charge in [0.25, 0.3) is 0 Å². The average molecular weight is 146 g/mol. The standard InChI is InChI=1S/C7H6N4/c1-2-10-7(5-8-1)11-4-3-9-6-11/h1-6H. The van der Waals surface area contributed by atoms with Gasteiger partial charge in [0.2, 0.25) is 0 Å². The molecule has 0 spiro atoms. The largest absolute Gasteiger partial charge is 0.289 e. The zero-order chi connectivity index (χ0) is 7.52. The van der Waals surface area contributed by atoms with Gasteiger partial charge in [-0.25, -0.2) is 9.97 Å². The lowest BCUT2D eigenvalue weighted by atomic mass is 10.6. The second kappa shape index (κ2) is 2.49. The summed E-state index contributed by atoms with van der Waals surface area (Å²) in [5.74, 6) is 0.782. The average Bonchev–Trinajstić information content (AvgIpc) is 2.58. The summed E-state index contributed by atoms with van der Waals surface area (Å²) in [6.45, 7) is 0. The van der Waals surface area contributed by atoms with Crippen LogP contribution in [-0.4, -0.2) is 19.5 Å². The van der Waals surface area contributed by atoms with Crippen molar-refractivity contribution in [2.45, 2.75) is 0 Å².